The van der Waals surface area contributed by atoms with E-state index in [2.05, 4.69) is 38.8 Å². The summed E-state index contributed by atoms with van der Waals surface area (Å²) in [5, 5.41) is 2.99. The van der Waals surface area contributed by atoms with Crippen LogP contribution in [0.4, 0.5) is 0 Å². The van der Waals surface area contributed by atoms with Crippen LogP contribution in [0.3, 0.4) is 0 Å². The van der Waals surface area contributed by atoms with Crippen LogP contribution in [0.25, 0.3) is 11.0 Å². The zero-order valence-corrected chi connectivity index (χ0v) is 18.9. The SMILES string of the molecule is Cc1ccc(OCCn2c(CCNC(=O)c3cccc(Br)c3)nc3ccccc32)cc1. The number of rotatable bonds is 8. The van der Waals surface area contributed by atoms with E-state index in [1.165, 1.54) is 5.56 Å². The van der Waals surface area contributed by atoms with E-state index >= 15 is 0 Å². The fraction of sp³-hybridized carbons (Fsp3) is 0.200. The molecule has 3 aromatic carbocycles. The third-order valence-electron chi connectivity index (χ3n) is 5.06. The second kappa shape index (κ2) is 9.79. The number of aromatic nitrogens is 2. The molecule has 0 saturated carbocycles. The van der Waals surface area contributed by atoms with Gasteiger partial charge in [0.05, 0.1) is 17.6 Å². The minimum atomic E-state index is -0.0911. The number of benzene rings is 3. The predicted molar refractivity (Wildman–Crippen MR) is 127 cm³/mol. The zero-order valence-electron chi connectivity index (χ0n) is 17.3. The van der Waals surface area contributed by atoms with Gasteiger partial charge < -0.3 is 14.6 Å². The first-order valence-electron chi connectivity index (χ1n) is 10.3. The first kappa shape index (κ1) is 21.1. The van der Waals surface area contributed by atoms with Crippen molar-refractivity contribution in [2.24, 2.45) is 0 Å². The van der Waals surface area contributed by atoms with Crippen LogP contribution in [0.15, 0.2) is 77.3 Å². The van der Waals surface area contributed by atoms with E-state index in [0.717, 1.165) is 27.1 Å². The number of aryl methyl sites for hydroxylation is 1. The number of halogens is 1. The fourth-order valence-corrected chi connectivity index (χ4v) is 3.87. The molecule has 158 valence electrons. The maximum atomic E-state index is 12.4. The summed E-state index contributed by atoms with van der Waals surface area (Å²) in [6.45, 7) is 3.79. The second-order valence-corrected chi connectivity index (χ2v) is 8.26. The van der Waals surface area contributed by atoms with Crippen LogP contribution in [0.5, 0.6) is 5.75 Å². The number of carbonyl (C=O) groups is 1. The van der Waals surface area contributed by atoms with E-state index < -0.39 is 0 Å². The minimum absolute atomic E-state index is 0.0911. The number of para-hydroxylation sites is 2. The highest BCUT2D eigenvalue weighted by molar-refractivity contribution is 9.10. The fourth-order valence-electron chi connectivity index (χ4n) is 3.47. The van der Waals surface area contributed by atoms with Crippen molar-refractivity contribution in [2.45, 2.75) is 19.9 Å². The van der Waals surface area contributed by atoms with Gasteiger partial charge in [0, 0.05) is 23.0 Å². The van der Waals surface area contributed by atoms with Crippen molar-refractivity contribution in [3.05, 3.63) is 94.2 Å². The molecular weight excluding hydrogens is 454 g/mol. The lowest BCUT2D eigenvalue weighted by molar-refractivity contribution is 0.0954. The Morgan fingerprint density at radius 1 is 1.06 bits per heavy atom. The van der Waals surface area contributed by atoms with Crippen molar-refractivity contribution >= 4 is 32.9 Å². The van der Waals surface area contributed by atoms with Gasteiger partial charge in [-0.25, -0.2) is 4.98 Å². The number of fused-ring (bicyclic) bond motifs is 1. The minimum Gasteiger partial charge on any atom is -0.492 e. The van der Waals surface area contributed by atoms with Gasteiger partial charge in [-0.15, -0.1) is 0 Å². The molecule has 4 rings (SSSR count). The van der Waals surface area contributed by atoms with Crippen molar-refractivity contribution in [2.75, 3.05) is 13.2 Å². The quantitative estimate of drug-likeness (QED) is 0.381. The molecule has 0 fully saturated rings. The van der Waals surface area contributed by atoms with Crippen LogP contribution in [0.1, 0.15) is 21.7 Å². The van der Waals surface area contributed by atoms with E-state index in [1.54, 1.807) is 6.07 Å². The summed E-state index contributed by atoms with van der Waals surface area (Å²) in [6, 6.07) is 23.5. The summed E-state index contributed by atoms with van der Waals surface area (Å²) in [5.74, 6) is 1.70. The molecule has 0 aliphatic heterocycles. The van der Waals surface area contributed by atoms with Crippen molar-refractivity contribution < 1.29 is 9.53 Å². The number of nitrogens with one attached hydrogen (secondary N) is 1. The van der Waals surface area contributed by atoms with Crippen molar-refractivity contribution in [3.63, 3.8) is 0 Å². The van der Waals surface area contributed by atoms with Gasteiger partial charge in [0.25, 0.3) is 5.91 Å². The van der Waals surface area contributed by atoms with Crippen molar-refractivity contribution in [1.29, 1.82) is 0 Å². The van der Waals surface area contributed by atoms with Gasteiger partial charge >= 0.3 is 0 Å². The van der Waals surface area contributed by atoms with Gasteiger partial charge in [-0.05, 0) is 49.4 Å². The Kier molecular flexibility index (Phi) is 6.67. The first-order chi connectivity index (χ1) is 15.1. The van der Waals surface area contributed by atoms with E-state index in [4.69, 9.17) is 9.72 Å². The molecule has 1 heterocycles. The van der Waals surface area contributed by atoms with Gasteiger partial charge in [0.2, 0.25) is 0 Å². The van der Waals surface area contributed by atoms with Crippen LogP contribution in [0, 0.1) is 6.92 Å². The molecule has 1 amide bonds. The molecule has 5 nitrogen and oxygen atoms in total. The summed E-state index contributed by atoms with van der Waals surface area (Å²) in [6.07, 6.45) is 0.638. The lowest BCUT2D eigenvalue weighted by Crippen LogP contribution is -2.26. The van der Waals surface area contributed by atoms with Gasteiger partial charge in [0.1, 0.15) is 18.2 Å². The van der Waals surface area contributed by atoms with Gasteiger partial charge in [-0.2, -0.15) is 0 Å². The Hall–Kier alpha value is -3.12. The number of hydrogen-bond donors (Lipinski definition) is 1. The molecular formula is C25H24BrN3O2. The van der Waals surface area contributed by atoms with Gasteiger partial charge in [0.15, 0.2) is 0 Å². The molecule has 6 heteroatoms. The molecule has 0 radical (unpaired) electrons. The molecule has 0 spiro atoms. The number of hydrogen-bond acceptors (Lipinski definition) is 3. The molecule has 4 aromatic rings. The molecule has 0 unspecified atom stereocenters. The monoisotopic (exact) mass is 477 g/mol. The Bertz CT molecular complexity index is 1190. The molecule has 0 atom stereocenters. The number of nitrogens with zero attached hydrogens (tertiary/aromatic N) is 2. The highest BCUT2D eigenvalue weighted by atomic mass is 79.9. The Morgan fingerprint density at radius 2 is 1.87 bits per heavy atom. The Balaban J connectivity index is 1.42. The van der Waals surface area contributed by atoms with Crippen molar-refractivity contribution in [1.82, 2.24) is 14.9 Å². The van der Waals surface area contributed by atoms with Crippen LogP contribution < -0.4 is 10.1 Å². The molecule has 0 bridgehead atoms. The number of imidazole rings is 1. The van der Waals surface area contributed by atoms with Crippen molar-refractivity contribution in [3.8, 4) is 5.75 Å². The Morgan fingerprint density at radius 3 is 2.68 bits per heavy atom. The maximum Gasteiger partial charge on any atom is 0.251 e. The van der Waals surface area contributed by atoms with E-state index in [9.17, 15) is 4.79 Å². The molecule has 0 aliphatic rings. The average molecular weight is 478 g/mol. The maximum absolute atomic E-state index is 12.4. The normalized spacial score (nSPS) is 10.9. The largest absolute Gasteiger partial charge is 0.492 e. The lowest BCUT2D eigenvalue weighted by Gasteiger charge is -2.11. The van der Waals surface area contributed by atoms with Crippen LogP contribution in [-0.4, -0.2) is 28.6 Å². The average Bonchev–Trinajstić information content (AvgIpc) is 3.12. The van der Waals surface area contributed by atoms with E-state index in [0.29, 0.717) is 31.7 Å². The summed E-state index contributed by atoms with van der Waals surface area (Å²) in [4.78, 5) is 17.2. The molecule has 31 heavy (non-hydrogen) atoms. The van der Waals surface area contributed by atoms with Crippen LogP contribution in [0.2, 0.25) is 0 Å². The zero-order chi connectivity index (χ0) is 21.6. The molecule has 1 N–H and O–H groups in total. The van der Waals surface area contributed by atoms with Gasteiger partial charge in [-0.3, -0.25) is 4.79 Å². The van der Waals surface area contributed by atoms with Gasteiger partial charge in [-0.1, -0.05) is 51.8 Å². The number of amides is 1. The topological polar surface area (TPSA) is 56.1 Å². The summed E-state index contributed by atoms with van der Waals surface area (Å²) in [7, 11) is 0. The third-order valence-corrected chi connectivity index (χ3v) is 5.55. The summed E-state index contributed by atoms with van der Waals surface area (Å²) >= 11 is 3.40. The highest BCUT2D eigenvalue weighted by Crippen LogP contribution is 2.18. The number of ether oxygens (including phenoxy) is 1. The first-order valence-corrected chi connectivity index (χ1v) is 11.1. The number of carbonyl (C=O) groups excluding carboxylic acids is 1. The summed E-state index contributed by atoms with van der Waals surface area (Å²) < 4.78 is 8.99. The molecule has 0 saturated heterocycles. The molecule has 1 aromatic heterocycles. The Labute approximate surface area is 190 Å². The third kappa shape index (κ3) is 5.33. The molecule has 0 aliphatic carbocycles. The lowest BCUT2D eigenvalue weighted by atomic mass is 10.2. The van der Waals surface area contributed by atoms with E-state index in [-0.39, 0.29) is 5.91 Å². The highest BCUT2D eigenvalue weighted by Gasteiger charge is 2.12. The van der Waals surface area contributed by atoms with Crippen LogP contribution >= 0.6 is 15.9 Å². The second-order valence-electron chi connectivity index (χ2n) is 7.35. The smallest absolute Gasteiger partial charge is 0.251 e. The standard InChI is InChI=1S/C25H24BrN3O2/c1-18-9-11-21(12-10-18)31-16-15-29-23-8-3-2-7-22(23)28-24(29)13-14-27-25(30)19-5-4-6-20(26)17-19/h2-12,17H,13-16H2,1H3,(H,27,30). The van der Waals surface area contributed by atoms with E-state index in [1.807, 2.05) is 60.7 Å². The summed E-state index contributed by atoms with van der Waals surface area (Å²) in [5.41, 5.74) is 3.86. The predicted octanol–water partition coefficient (Wildman–Crippen LogP) is 5.16. The van der Waals surface area contributed by atoms with Crippen LogP contribution in [-0.2, 0) is 13.0 Å².